The number of hydrogen-bond acceptors (Lipinski definition) is 5. The summed E-state index contributed by atoms with van der Waals surface area (Å²) < 4.78 is 0. The first kappa shape index (κ1) is 21.2. The second kappa shape index (κ2) is 10.3. The summed E-state index contributed by atoms with van der Waals surface area (Å²) in [6.45, 7) is 5.87. The van der Waals surface area contributed by atoms with E-state index in [1.54, 1.807) is 24.3 Å². The molecule has 0 aliphatic carbocycles. The molecule has 2 aromatic rings. The van der Waals surface area contributed by atoms with E-state index in [1.165, 1.54) is 32.8 Å². The van der Waals surface area contributed by atoms with Crippen LogP contribution in [0.5, 0.6) is 11.5 Å². The number of carbonyl (C=O) groups is 2. The molecular weight excluding hydrogens is 358 g/mol. The minimum absolute atomic E-state index is 0.128. The Bertz CT molecular complexity index is 817. The fourth-order valence-electron chi connectivity index (χ4n) is 2.95. The largest absolute Gasteiger partial charge is 0.508 e. The Morgan fingerprint density at radius 1 is 0.929 bits per heavy atom. The monoisotopic (exact) mass is 385 g/mol. The van der Waals surface area contributed by atoms with Gasteiger partial charge in [0.2, 0.25) is 11.8 Å². The highest BCUT2D eigenvalue weighted by atomic mass is 16.3. The van der Waals surface area contributed by atoms with Crippen molar-refractivity contribution in [2.45, 2.75) is 33.2 Å². The maximum absolute atomic E-state index is 10.9. The molecule has 7 nitrogen and oxygen atoms in total. The van der Waals surface area contributed by atoms with Crippen LogP contribution in [-0.4, -0.2) is 40.0 Å². The molecule has 1 fully saturated rings. The van der Waals surface area contributed by atoms with Gasteiger partial charge in [0, 0.05) is 49.5 Å². The van der Waals surface area contributed by atoms with Crippen molar-refractivity contribution in [3.63, 3.8) is 0 Å². The number of amides is 2. The van der Waals surface area contributed by atoms with Gasteiger partial charge in [0.05, 0.1) is 0 Å². The Labute approximate surface area is 165 Å². The fourth-order valence-corrected chi connectivity index (χ4v) is 2.95. The highest BCUT2D eigenvalue weighted by molar-refractivity contribution is 5.89. The standard InChI is InChI=1S/C13H18N2O2.C8H9NO2/c1-10(16)14-12-5-4-11(13(17)8-12)9-15-6-2-3-7-15;1-6(10)9-7-3-2-4-8(11)5-7/h4-5,8,17H,2-3,6-7,9H2,1H3,(H,14,16);2-5,11H,1H3,(H,9,10). The van der Waals surface area contributed by atoms with Crippen LogP contribution in [0.25, 0.3) is 0 Å². The Morgan fingerprint density at radius 2 is 1.54 bits per heavy atom. The summed E-state index contributed by atoms with van der Waals surface area (Å²) in [5.74, 6) is 0.131. The number of nitrogens with zero attached hydrogens (tertiary/aromatic N) is 1. The maximum Gasteiger partial charge on any atom is 0.221 e. The molecule has 2 aromatic carbocycles. The molecular formula is C21H27N3O4. The fraction of sp³-hybridized carbons (Fsp3) is 0.333. The topological polar surface area (TPSA) is 102 Å². The van der Waals surface area contributed by atoms with Gasteiger partial charge in [-0.2, -0.15) is 0 Å². The van der Waals surface area contributed by atoms with Crippen LogP contribution in [0.1, 0.15) is 32.3 Å². The predicted molar refractivity (Wildman–Crippen MR) is 109 cm³/mol. The molecule has 0 bridgehead atoms. The summed E-state index contributed by atoms with van der Waals surface area (Å²) in [6, 6.07) is 11.7. The van der Waals surface area contributed by atoms with Gasteiger partial charge in [-0.05, 0) is 44.1 Å². The number of phenols is 2. The zero-order chi connectivity index (χ0) is 20.5. The van der Waals surface area contributed by atoms with Gasteiger partial charge in [0.15, 0.2) is 0 Å². The Hall–Kier alpha value is -3.06. The number of aromatic hydroxyl groups is 2. The van der Waals surface area contributed by atoms with Gasteiger partial charge < -0.3 is 20.8 Å². The van der Waals surface area contributed by atoms with Crippen molar-refractivity contribution >= 4 is 23.2 Å². The van der Waals surface area contributed by atoms with Gasteiger partial charge in [-0.25, -0.2) is 0 Å². The van der Waals surface area contributed by atoms with Gasteiger partial charge in [0.25, 0.3) is 0 Å². The van der Waals surface area contributed by atoms with Crippen LogP contribution in [0.4, 0.5) is 11.4 Å². The molecule has 28 heavy (non-hydrogen) atoms. The number of hydrogen-bond donors (Lipinski definition) is 4. The van der Waals surface area contributed by atoms with Gasteiger partial charge in [-0.3, -0.25) is 14.5 Å². The van der Waals surface area contributed by atoms with E-state index in [9.17, 15) is 14.7 Å². The summed E-state index contributed by atoms with van der Waals surface area (Å²) in [6.07, 6.45) is 2.48. The number of nitrogens with one attached hydrogen (secondary N) is 2. The minimum Gasteiger partial charge on any atom is -0.508 e. The Kier molecular flexibility index (Phi) is 7.83. The summed E-state index contributed by atoms with van der Waals surface area (Å²) in [7, 11) is 0. The van der Waals surface area contributed by atoms with Gasteiger partial charge in [0.1, 0.15) is 11.5 Å². The lowest BCUT2D eigenvalue weighted by Crippen LogP contribution is -2.18. The number of anilines is 2. The van der Waals surface area contributed by atoms with Crippen LogP contribution in [0.3, 0.4) is 0 Å². The first-order chi connectivity index (χ1) is 13.3. The van der Waals surface area contributed by atoms with Crippen molar-refractivity contribution in [2.75, 3.05) is 23.7 Å². The van der Waals surface area contributed by atoms with E-state index in [-0.39, 0.29) is 23.3 Å². The smallest absolute Gasteiger partial charge is 0.221 e. The van der Waals surface area contributed by atoms with Crippen molar-refractivity contribution in [1.82, 2.24) is 4.90 Å². The van der Waals surface area contributed by atoms with Crippen LogP contribution >= 0.6 is 0 Å². The average Bonchev–Trinajstić information content (AvgIpc) is 3.10. The Balaban J connectivity index is 0.000000221. The molecule has 0 atom stereocenters. The first-order valence-corrected chi connectivity index (χ1v) is 9.22. The normalized spacial score (nSPS) is 13.4. The number of carbonyl (C=O) groups excluding carboxylic acids is 2. The lowest BCUT2D eigenvalue weighted by molar-refractivity contribution is -0.115. The van der Waals surface area contributed by atoms with Crippen molar-refractivity contribution in [3.8, 4) is 11.5 Å². The SMILES string of the molecule is CC(=O)Nc1ccc(CN2CCCC2)c(O)c1.CC(=O)Nc1cccc(O)c1. The lowest BCUT2D eigenvalue weighted by atomic mass is 10.1. The van der Waals surface area contributed by atoms with Gasteiger partial charge in [-0.1, -0.05) is 12.1 Å². The van der Waals surface area contributed by atoms with E-state index in [0.717, 1.165) is 25.2 Å². The van der Waals surface area contributed by atoms with Crippen molar-refractivity contribution < 1.29 is 19.8 Å². The molecule has 0 aromatic heterocycles. The molecule has 0 unspecified atom stereocenters. The second-order valence-electron chi connectivity index (χ2n) is 6.74. The Morgan fingerprint density at radius 3 is 2.07 bits per heavy atom. The molecule has 150 valence electrons. The van der Waals surface area contributed by atoms with E-state index >= 15 is 0 Å². The lowest BCUT2D eigenvalue weighted by Gasteiger charge is -2.16. The number of likely N-dealkylation sites (tertiary alicyclic amines) is 1. The zero-order valence-electron chi connectivity index (χ0n) is 16.2. The molecule has 0 spiro atoms. The van der Waals surface area contributed by atoms with Crippen molar-refractivity contribution in [1.29, 1.82) is 0 Å². The van der Waals surface area contributed by atoms with Crippen molar-refractivity contribution in [2.24, 2.45) is 0 Å². The van der Waals surface area contributed by atoms with E-state index < -0.39 is 0 Å². The predicted octanol–water partition coefficient (Wildman–Crippen LogP) is 3.30. The molecule has 7 heteroatoms. The third kappa shape index (κ3) is 7.28. The summed E-state index contributed by atoms with van der Waals surface area (Å²) >= 11 is 0. The highest BCUT2D eigenvalue weighted by Gasteiger charge is 2.13. The average molecular weight is 385 g/mol. The van der Waals surface area contributed by atoms with Gasteiger partial charge in [-0.15, -0.1) is 0 Å². The summed E-state index contributed by atoms with van der Waals surface area (Å²) in [4.78, 5) is 23.7. The number of benzene rings is 2. The third-order valence-corrected chi connectivity index (χ3v) is 4.16. The molecule has 0 saturated carbocycles. The van der Waals surface area contributed by atoms with E-state index in [1.807, 2.05) is 12.1 Å². The molecule has 2 amide bonds. The summed E-state index contributed by atoms with van der Waals surface area (Å²) in [5.41, 5.74) is 2.17. The molecule has 1 heterocycles. The number of rotatable bonds is 4. The van der Waals surface area contributed by atoms with E-state index in [0.29, 0.717) is 11.4 Å². The molecule has 1 saturated heterocycles. The van der Waals surface area contributed by atoms with Crippen LogP contribution in [0.15, 0.2) is 42.5 Å². The van der Waals surface area contributed by atoms with Crippen molar-refractivity contribution in [3.05, 3.63) is 48.0 Å². The number of phenolic OH excluding ortho intramolecular Hbond substituents is 2. The third-order valence-electron chi connectivity index (χ3n) is 4.16. The minimum atomic E-state index is -0.143. The highest BCUT2D eigenvalue weighted by Crippen LogP contribution is 2.24. The zero-order valence-corrected chi connectivity index (χ0v) is 16.2. The van der Waals surface area contributed by atoms with Crippen LogP contribution in [0.2, 0.25) is 0 Å². The molecule has 1 aliphatic heterocycles. The molecule has 4 N–H and O–H groups in total. The molecule has 3 rings (SSSR count). The van der Waals surface area contributed by atoms with Gasteiger partial charge >= 0.3 is 0 Å². The second-order valence-corrected chi connectivity index (χ2v) is 6.74. The molecule has 1 aliphatic rings. The maximum atomic E-state index is 10.9. The molecule has 0 radical (unpaired) electrons. The van der Waals surface area contributed by atoms with E-state index in [4.69, 9.17) is 5.11 Å². The van der Waals surface area contributed by atoms with Crippen LogP contribution < -0.4 is 10.6 Å². The van der Waals surface area contributed by atoms with Crippen LogP contribution in [-0.2, 0) is 16.1 Å². The van der Waals surface area contributed by atoms with Crippen LogP contribution in [0, 0.1) is 0 Å². The summed E-state index contributed by atoms with van der Waals surface area (Å²) in [5, 5.41) is 24.1. The quantitative estimate of drug-likeness (QED) is 0.647. The first-order valence-electron chi connectivity index (χ1n) is 9.22. The van der Waals surface area contributed by atoms with E-state index in [2.05, 4.69) is 15.5 Å².